The lowest BCUT2D eigenvalue weighted by Gasteiger charge is -2.42. The molecule has 0 bridgehead atoms. The van der Waals surface area contributed by atoms with Gasteiger partial charge < -0.3 is 24.5 Å². The van der Waals surface area contributed by atoms with Crippen molar-refractivity contribution in [2.24, 2.45) is 17.8 Å². The van der Waals surface area contributed by atoms with Gasteiger partial charge in [-0.2, -0.15) is 0 Å². The summed E-state index contributed by atoms with van der Waals surface area (Å²) < 4.78 is 6.85. The molecule has 8 nitrogen and oxygen atoms in total. The Bertz CT molecular complexity index is 947. The Morgan fingerprint density at radius 2 is 1.69 bits per heavy atom. The maximum atomic E-state index is 14.4. The minimum Gasteiger partial charge on any atom is -0.394 e. The largest absolute Gasteiger partial charge is 0.394 e. The maximum absolute atomic E-state index is 14.4. The Balaban J connectivity index is 1.89. The van der Waals surface area contributed by atoms with Crippen molar-refractivity contribution in [3.05, 3.63) is 24.3 Å². The molecule has 200 valence electrons. The van der Waals surface area contributed by atoms with Crippen LogP contribution in [0.5, 0.6) is 0 Å². The van der Waals surface area contributed by atoms with Crippen LogP contribution < -0.4 is 0 Å². The highest BCUT2D eigenvalue weighted by atomic mass is 16.5. The van der Waals surface area contributed by atoms with E-state index in [4.69, 9.17) is 4.74 Å². The second-order valence-corrected chi connectivity index (χ2v) is 11.5. The van der Waals surface area contributed by atoms with Gasteiger partial charge in [-0.3, -0.25) is 14.4 Å². The number of likely N-dealkylation sites (tertiary alicyclic amines) is 1. The number of rotatable bonds is 8. The molecular weight excluding hydrogens is 458 g/mol. The third kappa shape index (κ3) is 3.92. The highest BCUT2D eigenvalue weighted by Crippen LogP contribution is 2.58. The van der Waals surface area contributed by atoms with Gasteiger partial charge in [-0.05, 0) is 32.6 Å². The fourth-order valence-electron chi connectivity index (χ4n) is 6.95. The lowest BCUT2D eigenvalue weighted by atomic mass is 9.74. The summed E-state index contributed by atoms with van der Waals surface area (Å²) in [5.41, 5.74) is -2.28. The first-order chi connectivity index (χ1) is 17.1. The first-order valence-corrected chi connectivity index (χ1v) is 13.7. The van der Waals surface area contributed by atoms with Crippen LogP contribution in [-0.4, -0.2) is 93.1 Å². The third-order valence-corrected chi connectivity index (χ3v) is 8.66. The molecule has 0 aromatic carbocycles. The molecule has 0 saturated carbocycles. The zero-order valence-electron chi connectivity index (χ0n) is 22.6. The molecule has 0 aromatic heterocycles. The van der Waals surface area contributed by atoms with Crippen LogP contribution in [0.15, 0.2) is 24.3 Å². The van der Waals surface area contributed by atoms with E-state index in [2.05, 4.69) is 6.92 Å². The van der Waals surface area contributed by atoms with Gasteiger partial charge >= 0.3 is 0 Å². The summed E-state index contributed by atoms with van der Waals surface area (Å²) in [7, 11) is 0. The molecule has 2 saturated heterocycles. The number of amides is 3. The van der Waals surface area contributed by atoms with E-state index in [0.717, 1.165) is 19.3 Å². The molecule has 4 aliphatic rings. The summed E-state index contributed by atoms with van der Waals surface area (Å²) in [5.74, 6) is -2.21. The normalized spacial score (nSPS) is 35.6. The number of fused-ring (bicyclic) bond motifs is 2. The Morgan fingerprint density at radius 1 is 1.00 bits per heavy atom. The van der Waals surface area contributed by atoms with E-state index in [1.807, 2.05) is 63.8 Å². The van der Waals surface area contributed by atoms with Crippen LogP contribution >= 0.6 is 0 Å². The van der Waals surface area contributed by atoms with Gasteiger partial charge in [0.15, 0.2) is 0 Å². The SMILES string of the molecule is CCCC(C)N1CC=C[C@]23O[C@@]4(C)C=CCN(CCC)C(=O)[C@H]4[C@H]2C(=O)N([C@@H](CO)C(C)C)C3C1=O. The van der Waals surface area contributed by atoms with Crippen molar-refractivity contribution in [3.8, 4) is 0 Å². The summed E-state index contributed by atoms with van der Waals surface area (Å²) in [4.78, 5) is 47.8. The Labute approximate surface area is 215 Å². The summed E-state index contributed by atoms with van der Waals surface area (Å²) in [6, 6.07) is -1.49. The van der Waals surface area contributed by atoms with E-state index in [-0.39, 0.29) is 36.3 Å². The van der Waals surface area contributed by atoms with Crippen LogP contribution in [0.2, 0.25) is 0 Å². The molecular formula is C28H43N3O5. The first-order valence-electron chi connectivity index (χ1n) is 13.7. The molecule has 0 aromatic rings. The van der Waals surface area contributed by atoms with E-state index in [1.165, 1.54) is 0 Å². The monoisotopic (exact) mass is 501 g/mol. The second kappa shape index (κ2) is 9.93. The van der Waals surface area contributed by atoms with E-state index in [0.29, 0.717) is 19.6 Å². The van der Waals surface area contributed by atoms with E-state index >= 15 is 0 Å². The molecule has 7 atom stereocenters. The average molecular weight is 502 g/mol. The molecule has 2 unspecified atom stereocenters. The minimum atomic E-state index is -1.27. The van der Waals surface area contributed by atoms with Crippen LogP contribution in [0.1, 0.15) is 60.8 Å². The highest BCUT2D eigenvalue weighted by molar-refractivity contribution is 6.00. The van der Waals surface area contributed by atoms with Crippen LogP contribution in [0.25, 0.3) is 0 Å². The molecule has 4 heterocycles. The molecule has 0 radical (unpaired) electrons. The number of ether oxygens (including phenoxy) is 1. The number of aliphatic hydroxyl groups excluding tert-OH is 1. The van der Waals surface area contributed by atoms with Crippen molar-refractivity contribution in [2.75, 3.05) is 26.2 Å². The number of aliphatic hydroxyl groups is 1. The zero-order chi connectivity index (χ0) is 26.4. The van der Waals surface area contributed by atoms with Gasteiger partial charge in [-0.25, -0.2) is 0 Å². The Kier molecular flexibility index (Phi) is 7.41. The fourth-order valence-corrected chi connectivity index (χ4v) is 6.95. The van der Waals surface area contributed by atoms with Crippen molar-refractivity contribution in [1.29, 1.82) is 0 Å². The van der Waals surface area contributed by atoms with Crippen molar-refractivity contribution in [3.63, 3.8) is 0 Å². The van der Waals surface area contributed by atoms with Gasteiger partial charge in [-0.1, -0.05) is 58.4 Å². The number of hydrogen-bond donors (Lipinski definition) is 1. The molecule has 4 rings (SSSR count). The number of carbonyl (C=O) groups excluding carboxylic acids is 3. The summed E-state index contributed by atoms with van der Waals surface area (Å²) in [5, 5.41) is 10.4. The predicted molar refractivity (Wildman–Crippen MR) is 137 cm³/mol. The summed E-state index contributed by atoms with van der Waals surface area (Å²) in [6.45, 7) is 13.1. The van der Waals surface area contributed by atoms with Crippen molar-refractivity contribution < 1.29 is 24.2 Å². The molecule has 4 aliphatic heterocycles. The van der Waals surface area contributed by atoms with Gasteiger partial charge in [0.2, 0.25) is 17.7 Å². The van der Waals surface area contributed by atoms with E-state index in [1.54, 1.807) is 9.80 Å². The molecule has 0 aliphatic carbocycles. The smallest absolute Gasteiger partial charge is 0.249 e. The Hall–Kier alpha value is -2.19. The molecule has 8 heteroatoms. The van der Waals surface area contributed by atoms with Gasteiger partial charge in [0, 0.05) is 25.7 Å². The highest BCUT2D eigenvalue weighted by Gasteiger charge is 2.75. The van der Waals surface area contributed by atoms with Crippen LogP contribution in [-0.2, 0) is 19.1 Å². The average Bonchev–Trinajstić information content (AvgIpc) is 3.08. The maximum Gasteiger partial charge on any atom is 0.249 e. The van der Waals surface area contributed by atoms with Crippen LogP contribution in [0.4, 0.5) is 0 Å². The second-order valence-electron chi connectivity index (χ2n) is 11.5. The number of hydrogen-bond acceptors (Lipinski definition) is 5. The molecule has 1 spiro atoms. The van der Waals surface area contributed by atoms with Crippen molar-refractivity contribution in [2.45, 2.75) is 90.1 Å². The topological polar surface area (TPSA) is 90.4 Å². The van der Waals surface area contributed by atoms with Crippen LogP contribution in [0.3, 0.4) is 0 Å². The van der Waals surface area contributed by atoms with Crippen molar-refractivity contribution in [1.82, 2.24) is 14.7 Å². The van der Waals surface area contributed by atoms with Crippen molar-refractivity contribution >= 4 is 17.7 Å². The lowest BCUT2D eigenvalue weighted by Crippen LogP contribution is -2.60. The molecule has 1 N–H and O–H groups in total. The molecule has 36 heavy (non-hydrogen) atoms. The van der Waals surface area contributed by atoms with Gasteiger partial charge in [0.1, 0.15) is 11.6 Å². The van der Waals surface area contributed by atoms with E-state index < -0.39 is 35.1 Å². The quantitative estimate of drug-likeness (QED) is 0.516. The first kappa shape index (κ1) is 26.9. The van der Waals surface area contributed by atoms with Crippen LogP contribution in [0, 0.1) is 17.8 Å². The standard InChI is InChI=1S/C28H43N3O5/c1-7-11-19(5)30-16-10-13-28-22(25(34)31(23(28)26(30)35)20(17-32)18(3)4)21-24(33)29(14-8-2)15-9-12-27(21,6)36-28/h9-10,12-13,18-23,32H,7-8,11,14-17H2,1-6H3/t19?,20-,21+,22-,23?,27-,28-/m0/s1. The predicted octanol–water partition coefficient (Wildman–Crippen LogP) is 2.37. The lowest BCUT2D eigenvalue weighted by molar-refractivity contribution is -0.157. The summed E-state index contributed by atoms with van der Waals surface area (Å²) >= 11 is 0. The molecule has 3 amide bonds. The summed E-state index contributed by atoms with van der Waals surface area (Å²) in [6.07, 6.45) is 10.3. The van der Waals surface area contributed by atoms with Gasteiger partial charge in [0.05, 0.1) is 30.1 Å². The minimum absolute atomic E-state index is 0.00558. The Morgan fingerprint density at radius 3 is 2.31 bits per heavy atom. The zero-order valence-corrected chi connectivity index (χ0v) is 22.6. The molecule has 2 fully saturated rings. The third-order valence-electron chi connectivity index (χ3n) is 8.66. The van der Waals surface area contributed by atoms with Gasteiger partial charge in [0.25, 0.3) is 0 Å². The fraction of sp³-hybridized carbons (Fsp3) is 0.750. The number of nitrogens with zero attached hydrogens (tertiary/aromatic N) is 3. The number of carbonyl (C=O) groups is 3. The van der Waals surface area contributed by atoms with E-state index in [9.17, 15) is 19.5 Å². The van der Waals surface area contributed by atoms with Gasteiger partial charge in [-0.15, -0.1) is 0 Å².